The van der Waals surface area contributed by atoms with E-state index in [1.165, 1.54) is 17.7 Å². The molecule has 0 aromatic carbocycles. The van der Waals surface area contributed by atoms with Crippen LogP contribution in [0.25, 0.3) is 0 Å². The van der Waals surface area contributed by atoms with Gasteiger partial charge in [-0.1, -0.05) is 6.07 Å². The van der Waals surface area contributed by atoms with Crippen LogP contribution in [0.15, 0.2) is 12.1 Å². The number of carbonyl (C=O) groups is 1. The Morgan fingerprint density at radius 1 is 1.28 bits per heavy atom. The van der Waals surface area contributed by atoms with Crippen LogP contribution in [0.2, 0.25) is 0 Å². The molecule has 0 radical (unpaired) electrons. The van der Waals surface area contributed by atoms with E-state index in [9.17, 15) is 4.79 Å². The number of fused-ring (bicyclic) bond motifs is 1. The number of anilines is 1. The lowest BCUT2D eigenvalue weighted by molar-refractivity contribution is -0.122. The zero-order chi connectivity index (χ0) is 13.1. The predicted molar refractivity (Wildman–Crippen MR) is 72.6 cm³/mol. The fraction of sp³-hybridized carbons (Fsp3) is 0.571. The van der Waals surface area contributed by atoms with Crippen molar-refractivity contribution >= 4 is 11.7 Å². The Kier molecular flexibility index (Phi) is 3.84. The normalized spacial score (nSPS) is 15.3. The third-order valence-corrected chi connectivity index (χ3v) is 3.12. The van der Waals surface area contributed by atoms with Gasteiger partial charge < -0.3 is 10.6 Å². The van der Waals surface area contributed by atoms with Crippen LogP contribution < -0.4 is 10.6 Å². The van der Waals surface area contributed by atoms with Gasteiger partial charge in [0.15, 0.2) is 0 Å². The summed E-state index contributed by atoms with van der Waals surface area (Å²) in [6, 6.07) is 3.97. The zero-order valence-corrected chi connectivity index (χ0v) is 11.3. The van der Waals surface area contributed by atoms with Gasteiger partial charge in [-0.3, -0.25) is 4.79 Å². The van der Waals surface area contributed by atoms with E-state index in [-0.39, 0.29) is 18.0 Å². The smallest absolute Gasteiger partial charge is 0.242 e. The Labute approximate surface area is 108 Å². The second kappa shape index (κ2) is 5.38. The molecule has 0 aliphatic heterocycles. The number of hydrogen-bond acceptors (Lipinski definition) is 3. The summed E-state index contributed by atoms with van der Waals surface area (Å²) in [4.78, 5) is 16.4. The Bertz CT molecular complexity index is 443. The van der Waals surface area contributed by atoms with Crippen LogP contribution in [0.5, 0.6) is 0 Å². The SMILES string of the molecule is CC(C)NC(=O)C(C)Nc1ccc2c(n1)CCC2. The lowest BCUT2D eigenvalue weighted by Crippen LogP contribution is -2.41. The minimum absolute atomic E-state index is 0.00676. The lowest BCUT2D eigenvalue weighted by atomic mass is 10.2. The maximum absolute atomic E-state index is 11.8. The number of pyridine rings is 1. The standard InChI is InChI=1S/C14H21N3O/c1-9(2)15-14(18)10(3)16-13-8-7-11-5-4-6-12(11)17-13/h7-10H,4-6H2,1-3H3,(H,15,18)(H,16,17). The van der Waals surface area contributed by atoms with Crippen molar-refractivity contribution in [2.75, 3.05) is 5.32 Å². The molecule has 4 heteroatoms. The van der Waals surface area contributed by atoms with Crippen molar-refractivity contribution in [3.05, 3.63) is 23.4 Å². The van der Waals surface area contributed by atoms with Gasteiger partial charge in [-0.2, -0.15) is 0 Å². The highest BCUT2D eigenvalue weighted by Gasteiger charge is 2.16. The molecule has 2 N–H and O–H groups in total. The van der Waals surface area contributed by atoms with E-state index in [2.05, 4.69) is 21.7 Å². The molecule has 2 rings (SSSR count). The molecule has 1 aromatic heterocycles. The van der Waals surface area contributed by atoms with E-state index in [0.717, 1.165) is 18.7 Å². The zero-order valence-electron chi connectivity index (χ0n) is 11.3. The Morgan fingerprint density at radius 2 is 2.06 bits per heavy atom. The number of aryl methyl sites for hydroxylation is 2. The topological polar surface area (TPSA) is 54.0 Å². The second-order valence-corrected chi connectivity index (χ2v) is 5.19. The fourth-order valence-corrected chi connectivity index (χ4v) is 2.20. The molecule has 4 nitrogen and oxygen atoms in total. The van der Waals surface area contributed by atoms with Crippen molar-refractivity contribution in [1.82, 2.24) is 10.3 Å². The molecular formula is C14H21N3O. The van der Waals surface area contributed by atoms with Crippen LogP contribution in [0.4, 0.5) is 5.82 Å². The first-order valence-corrected chi connectivity index (χ1v) is 6.62. The predicted octanol–water partition coefficient (Wildman–Crippen LogP) is 1.90. The summed E-state index contributed by atoms with van der Waals surface area (Å²) in [5.74, 6) is 0.800. The van der Waals surface area contributed by atoms with Gasteiger partial charge in [0, 0.05) is 11.7 Å². The van der Waals surface area contributed by atoms with Crippen LogP contribution in [0.3, 0.4) is 0 Å². The number of nitrogens with zero attached hydrogens (tertiary/aromatic N) is 1. The maximum Gasteiger partial charge on any atom is 0.242 e. The largest absolute Gasteiger partial charge is 0.359 e. The average Bonchev–Trinajstić information content (AvgIpc) is 2.75. The molecule has 1 unspecified atom stereocenters. The van der Waals surface area contributed by atoms with E-state index in [1.807, 2.05) is 26.8 Å². The summed E-state index contributed by atoms with van der Waals surface area (Å²) in [6.07, 6.45) is 3.37. The summed E-state index contributed by atoms with van der Waals surface area (Å²) in [7, 11) is 0. The van der Waals surface area contributed by atoms with Crippen LogP contribution in [-0.4, -0.2) is 23.0 Å². The number of amides is 1. The number of hydrogen-bond donors (Lipinski definition) is 2. The third kappa shape index (κ3) is 3.00. The van der Waals surface area contributed by atoms with E-state index in [4.69, 9.17) is 0 Å². The summed E-state index contributed by atoms with van der Waals surface area (Å²) < 4.78 is 0. The van der Waals surface area contributed by atoms with Crippen LogP contribution in [0.1, 0.15) is 38.4 Å². The van der Waals surface area contributed by atoms with E-state index in [0.29, 0.717) is 0 Å². The molecule has 0 spiro atoms. The van der Waals surface area contributed by atoms with Crippen molar-refractivity contribution in [2.24, 2.45) is 0 Å². The van der Waals surface area contributed by atoms with E-state index < -0.39 is 0 Å². The number of aromatic nitrogens is 1. The van der Waals surface area contributed by atoms with Gasteiger partial charge in [0.1, 0.15) is 11.9 Å². The highest BCUT2D eigenvalue weighted by atomic mass is 16.2. The maximum atomic E-state index is 11.8. The monoisotopic (exact) mass is 247 g/mol. The summed E-state index contributed by atoms with van der Waals surface area (Å²) in [5.41, 5.74) is 2.52. The first-order chi connectivity index (χ1) is 8.56. The van der Waals surface area contributed by atoms with Crippen molar-refractivity contribution in [2.45, 2.75) is 52.1 Å². The quantitative estimate of drug-likeness (QED) is 0.854. The molecule has 0 bridgehead atoms. The van der Waals surface area contributed by atoms with Gasteiger partial charge in [-0.25, -0.2) is 4.98 Å². The van der Waals surface area contributed by atoms with Gasteiger partial charge in [0.05, 0.1) is 0 Å². The van der Waals surface area contributed by atoms with Crippen LogP contribution >= 0.6 is 0 Å². The molecule has 1 heterocycles. The van der Waals surface area contributed by atoms with Crippen molar-refractivity contribution in [1.29, 1.82) is 0 Å². The van der Waals surface area contributed by atoms with Crippen molar-refractivity contribution in [3.63, 3.8) is 0 Å². The average molecular weight is 247 g/mol. The first-order valence-electron chi connectivity index (χ1n) is 6.62. The Balaban J connectivity index is 1.99. The Hall–Kier alpha value is -1.58. The minimum Gasteiger partial charge on any atom is -0.359 e. The molecule has 0 fully saturated rings. The Morgan fingerprint density at radius 3 is 2.78 bits per heavy atom. The lowest BCUT2D eigenvalue weighted by Gasteiger charge is -2.16. The number of nitrogens with one attached hydrogen (secondary N) is 2. The highest BCUT2D eigenvalue weighted by molar-refractivity contribution is 5.84. The van der Waals surface area contributed by atoms with Gasteiger partial charge in [-0.15, -0.1) is 0 Å². The molecule has 1 aliphatic carbocycles. The summed E-state index contributed by atoms with van der Waals surface area (Å²) >= 11 is 0. The third-order valence-electron chi connectivity index (χ3n) is 3.12. The fourth-order valence-electron chi connectivity index (χ4n) is 2.20. The minimum atomic E-state index is -0.264. The summed E-state index contributed by atoms with van der Waals surface area (Å²) in [6.45, 7) is 5.77. The van der Waals surface area contributed by atoms with E-state index in [1.54, 1.807) is 0 Å². The van der Waals surface area contributed by atoms with Crippen molar-refractivity contribution in [3.8, 4) is 0 Å². The molecular weight excluding hydrogens is 226 g/mol. The van der Waals surface area contributed by atoms with E-state index >= 15 is 0 Å². The highest BCUT2D eigenvalue weighted by Crippen LogP contribution is 2.21. The molecule has 1 amide bonds. The molecule has 0 saturated carbocycles. The van der Waals surface area contributed by atoms with Crippen LogP contribution in [0, 0.1) is 0 Å². The number of carbonyl (C=O) groups excluding carboxylic acids is 1. The molecule has 1 atom stereocenters. The molecule has 98 valence electrons. The second-order valence-electron chi connectivity index (χ2n) is 5.19. The van der Waals surface area contributed by atoms with Crippen LogP contribution in [-0.2, 0) is 17.6 Å². The molecule has 1 aromatic rings. The summed E-state index contributed by atoms with van der Waals surface area (Å²) in [5, 5.41) is 6.04. The molecule has 18 heavy (non-hydrogen) atoms. The molecule has 1 aliphatic rings. The van der Waals surface area contributed by atoms with Gasteiger partial charge in [0.25, 0.3) is 0 Å². The van der Waals surface area contributed by atoms with Gasteiger partial charge >= 0.3 is 0 Å². The molecule has 0 saturated heterocycles. The van der Waals surface area contributed by atoms with Crippen molar-refractivity contribution < 1.29 is 4.79 Å². The van der Waals surface area contributed by atoms with Gasteiger partial charge in [-0.05, 0) is 51.7 Å². The van der Waals surface area contributed by atoms with Gasteiger partial charge in [0.2, 0.25) is 5.91 Å². The first kappa shape index (κ1) is 12.9. The number of rotatable bonds is 4.